The summed E-state index contributed by atoms with van der Waals surface area (Å²) in [5, 5.41) is 3.31. The summed E-state index contributed by atoms with van der Waals surface area (Å²) in [5.41, 5.74) is 0. The predicted octanol–water partition coefficient (Wildman–Crippen LogP) is 1.89. The molecule has 1 fully saturated rings. The molecule has 1 rings (SSSR count). The van der Waals surface area contributed by atoms with Gasteiger partial charge in [0.1, 0.15) is 0 Å². The van der Waals surface area contributed by atoms with Gasteiger partial charge >= 0.3 is 0 Å². The molecule has 0 heterocycles. The smallest absolute Gasteiger partial charge is 0.0574 e. The second-order valence-corrected chi connectivity index (χ2v) is 4.68. The Kier molecular flexibility index (Phi) is 3.97. The van der Waals surface area contributed by atoms with Crippen LogP contribution in [0.3, 0.4) is 0 Å². The molecule has 1 saturated carbocycles. The van der Waals surface area contributed by atoms with Crippen molar-refractivity contribution in [2.24, 2.45) is 0 Å². The molecule has 0 bridgehead atoms. The first-order valence-corrected chi connectivity index (χ1v) is 5.75. The number of thioether (sulfide) groups is 1. The Balaban J connectivity index is 2.30. The van der Waals surface area contributed by atoms with Crippen molar-refractivity contribution in [2.75, 3.05) is 19.3 Å². The molecule has 0 saturated heterocycles. The van der Waals surface area contributed by atoms with E-state index in [1.807, 2.05) is 11.8 Å². The van der Waals surface area contributed by atoms with Crippen LogP contribution in [0.1, 0.15) is 25.7 Å². The van der Waals surface area contributed by atoms with E-state index in [9.17, 15) is 0 Å². The third kappa shape index (κ3) is 2.43. The normalized spacial score (nSPS) is 20.7. The minimum absolute atomic E-state index is 0.497. The Hall–Kier alpha value is -0.130. The number of hydrogen-bond donors (Lipinski definition) is 1. The van der Waals surface area contributed by atoms with Gasteiger partial charge in [-0.1, -0.05) is 18.8 Å². The zero-order valence-electron chi connectivity index (χ0n) is 7.73. The van der Waals surface area contributed by atoms with Crippen LogP contribution in [0.15, 0.2) is 0 Å². The maximum atomic E-state index is 5.18. The SMILES string of the molecule is C#CCNCC1(SC)CCCC1. The molecule has 1 aliphatic rings. The van der Waals surface area contributed by atoms with Gasteiger partial charge in [-0.2, -0.15) is 11.8 Å². The quantitative estimate of drug-likeness (QED) is 0.527. The lowest BCUT2D eigenvalue weighted by molar-refractivity contribution is 0.556. The maximum Gasteiger partial charge on any atom is 0.0574 e. The fraction of sp³-hybridized carbons (Fsp3) is 0.800. The van der Waals surface area contributed by atoms with E-state index in [4.69, 9.17) is 6.42 Å². The molecular weight excluding hydrogens is 166 g/mol. The highest BCUT2D eigenvalue weighted by Gasteiger charge is 2.32. The van der Waals surface area contributed by atoms with Crippen molar-refractivity contribution < 1.29 is 0 Å². The molecule has 0 unspecified atom stereocenters. The standard InChI is InChI=1S/C10H17NS/c1-3-8-11-9-10(12-2)6-4-5-7-10/h1,11H,4-9H2,2H3. The second kappa shape index (κ2) is 4.79. The van der Waals surface area contributed by atoms with Gasteiger partial charge in [0, 0.05) is 11.3 Å². The fourth-order valence-electron chi connectivity index (χ4n) is 1.83. The van der Waals surface area contributed by atoms with Gasteiger partial charge in [0.2, 0.25) is 0 Å². The van der Waals surface area contributed by atoms with Gasteiger partial charge in [-0.25, -0.2) is 0 Å². The van der Waals surface area contributed by atoms with Crippen molar-refractivity contribution >= 4 is 11.8 Å². The van der Waals surface area contributed by atoms with Crippen LogP contribution in [-0.4, -0.2) is 24.1 Å². The second-order valence-electron chi connectivity index (χ2n) is 3.40. The van der Waals surface area contributed by atoms with E-state index >= 15 is 0 Å². The molecule has 68 valence electrons. The molecule has 12 heavy (non-hydrogen) atoms. The summed E-state index contributed by atoms with van der Waals surface area (Å²) in [4.78, 5) is 0. The summed E-state index contributed by atoms with van der Waals surface area (Å²) in [6, 6.07) is 0. The van der Waals surface area contributed by atoms with E-state index in [0.717, 1.165) is 6.54 Å². The summed E-state index contributed by atoms with van der Waals surface area (Å²) in [5.74, 6) is 2.61. The van der Waals surface area contributed by atoms with E-state index in [-0.39, 0.29) is 0 Å². The van der Waals surface area contributed by atoms with Crippen molar-refractivity contribution in [2.45, 2.75) is 30.4 Å². The number of terminal acetylenes is 1. The molecule has 0 aromatic rings. The van der Waals surface area contributed by atoms with E-state index in [1.165, 1.54) is 25.7 Å². The highest BCUT2D eigenvalue weighted by Crippen LogP contribution is 2.39. The zero-order valence-corrected chi connectivity index (χ0v) is 8.54. The molecule has 0 atom stereocenters. The Bertz CT molecular complexity index is 165. The van der Waals surface area contributed by atoms with E-state index < -0.39 is 0 Å². The topological polar surface area (TPSA) is 12.0 Å². The van der Waals surface area contributed by atoms with Gasteiger partial charge in [0.05, 0.1) is 6.54 Å². The van der Waals surface area contributed by atoms with E-state index in [2.05, 4.69) is 17.5 Å². The molecule has 0 aliphatic heterocycles. The average molecular weight is 183 g/mol. The maximum absolute atomic E-state index is 5.18. The Morgan fingerprint density at radius 3 is 2.67 bits per heavy atom. The minimum Gasteiger partial charge on any atom is -0.305 e. The number of hydrogen-bond acceptors (Lipinski definition) is 2. The molecular formula is C10H17NS. The molecule has 0 aromatic carbocycles. The van der Waals surface area contributed by atoms with Crippen LogP contribution in [0.25, 0.3) is 0 Å². The van der Waals surface area contributed by atoms with Gasteiger partial charge in [-0.05, 0) is 19.1 Å². The highest BCUT2D eigenvalue weighted by molar-refractivity contribution is 8.00. The molecule has 1 N–H and O–H groups in total. The van der Waals surface area contributed by atoms with Gasteiger partial charge in [-0.15, -0.1) is 6.42 Å². The molecule has 2 heteroatoms. The zero-order chi connectivity index (χ0) is 8.86. The van der Waals surface area contributed by atoms with Crippen LogP contribution in [0.4, 0.5) is 0 Å². The van der Waals surface area contributed by atoms with Crippen molar-refractivity contribution in [3.05, 3.63) is 0 Å². The summed E-state index contributed by atoms with van der Waals surface area (Å²) in [7, 11) is 0. The van der Waals surface area contributed by atoms with Gasteiger partial charge in [0.15, 0.2) is 0 Å². The first-order valence-electron chi connectivity index (χ1n) is 4.52. The predicted molar refractivity (Wildman–Crippen MR) is 56.4 cm³/mol. The molecule has 0 aromatic heterocycles. The van der Waals surface area contributed by atoms with Crippen molar-refractivity contribution in [3.8, 4) is 12.3 Å². The highest BCUT2D eigenvalue weighted by atomic mass is 32.2. The lowest BCUT2D eigenvalue weighted by atomic mass is 10.1. The summed E-state index contributed by atoms with van der Waals surface area (Å²) in [6.07, 6.45) is 12.9. The lowest BCUT2D eigenvalue weighted by Gasteiger charge is -2.26. The van der Waals surface area contributed by atoms with Crippen molar-refractivity contribution in [1.82, 2.24) is 5.32 Å². The number of nitrogens with one attached hydrogen (secondary N) is 1. The van der Waals surface area contributed by atoms with E-state index in [1.54, 1.807) is 0 Å². The Morgan fingerprint density at radius 2 is 2.17 bits per heavy atom. The fourth-order valence-corrected chi connectivity index (χ4v) is 2.78. The van der Waals surface area contributed by atoms with Crippen LogP contribution in [-0.2, 0) is 0 Å². The first kappa shape index (κ1) is 9.95. The summed E-state index contributed by atoms with van der Waals surface area (Å²) >= 11 is 2.00. The van der Waals surface area contributed by atoms with Crippen LogP contribution in [0, 0.1) is 12.3 Å². The molecule has 0 radical (unpaired) electrons. The van der Waals surface area contributed by atoms with E-state index in [0.29, 0.717) is 11.3 Å². The van der Waals surface area contributed by atoms with Crippen LogP contribution >= 0.6 is 11.8 Å². The lowest BCUT2D eigenvalue weighted by Crippen LogP contribution is -2.35. The Labute approximate surface area is 79.7 Å². The number of rotatable bonds is 4. The first-order chi connectivity index (χ1) is 5.83. The van der Waals surface area contributed by atoms with Crippen LogP contribution < -0.4 is 5.32 Å². The molecule has 1 aliphatic carbocycles. The van der Waals surface area contributed by atoms with Crippen LogP contribution in [0.5, 0.6) is 0 Å². The Morgan fingerprint density at radius 1 is 1.50 bits per heavy atom. The van der Waals surface area contributed by atoms with Gasteiger partial charge < -0.3 is 5.32 Å². The molecule has 0 spiro atoms. The summed E-state index contributed by atoms with van der Waals surface area (Å²) in [6.45, 7) is 1.79. The van der Waals surface area contributed by atoms with Crippen molar-refractivity contribution in [3.63, 3.8) is 0 Å². The largest absolute Gasteiger partial charge is 0.305 e. The molecule has 1 nitrogen and oxygen atoms in total. The molecule has 0 amide bonds. The monoisotopic (exact) mass is 183 g/mol. The average Bonchev–Trinajstić information content (AvgIpc) is 2.55. The summed E-state index contributed by atoms with van der Waals surface area (Å²) < 4.78 is 0.497. The van der Waals surface area contributed by atoms with Crippen molar-refractivity contribution in [1.29, 1.82) is 0 Å². The minimum atomic E-state index is 0.497. The third-order valence-electron chi connectivity index (χ3n) is 2.62. The third-order valence-corrected chi connectivity index (χ3v) is 4.04. The van der Waals surface area contributed by atoms with Crippen LogP contribution in [0.2, 0.25) is 0 Å². The van der Waals surface area contributed by atoms with Gasteiger partial charge in [0.25, 0.3) is 0 Å². The van der Waals surface area contributed by atoms with Gasteiger partial charge in [-0.3, -0.25) is 0 Å².